The average molecular weight is 643 g/mol. The van der Waals surface area contributed by atoms with Crippen molar-refractivity contribution in [1.29, 1.82) is 0 Å². The lowest BCUT2D eigenvalue weighted by Gasteiger charge is -2.27. The number of nitrogens with zero attached hydrogens (tertiary/aromatic N) is 2. The van der Waals surface area contributed by atoms with E-state index in [2.05, 4.69) is 191 Å². The van der Waals surface area contributed by atoms with E-state index in [0.29, 0.717) is 0 Å². The van der Waals surface area contributed by atoms with Crippen molar-refractivity contribution in [1.82, 2.24) is 4.57 Å². The third-order valence-corrected chi connectivity index (χ3v) is 10.8. The first-order chi connectivity index (χ1) is 24.3. The summed E-state index contributed by atoms with van der Waals surface area (Å²) in [7, 11) is 0. The zero-order chi connectivity index (χ0) is 32.3. The van der Waals surface area contributed by atoms with Crippen molar-refractivity contribution in [2.75, 3.05) is 4.90 Å². The minimum absolute atomic E-state index is 1.13. The van der Waals surface area contributed by atoms with Gasteiger partial charge in [0.15, 0.2) is 0 Å². The summed E-state index contributed by atoms with van der Waals surface area (Å²) in [5.41, 5.74) is 9.39. The van der Waals surface area contributed by atoms with Crippen molar-refractivity contribution in [2.45, 2.75) is 0 Å². The molecule has 0 saturated heterocycles. The first-order valence-electron chi connectivity index (χ1n) is 16.7. The largest absolute Gasteiger partial charge is 0.310 e. The number of para-hydroxylation sites is 2. The fraction of sp³-hybridized carbons (Fsp3) is 0. The molecule has 0 aliphatic heterocycles. The number of fused-ring (bicyclic) bond motifs is 7. The van der Waals surface area contributed by atoms with Crippen molar-refractivity contribution in [3.63, 3.8) is 0 Å². The summed E-state index contributed by atoms with van der Waals surface area (Å²) in [5, 5.41) is 7.58. The van der Waals surface area contributed by atoms with Crippen LogP contribution in [0.1, 0.15) is 0 Å². The van der Waals surface area contributed by atoms with E-state index in [0.717, 1.165) is 17.1 Å². The average Bonchev–Trinajstić information content (AvgIpc) is 3.70. The molecule has 230 valence electrons. The Morgan fingerprint density at radius 1 is 0.408 bits per heavy atom. The molecule has 0 unspecified atom stereocenters. The van der Waals surface area contributed by atoms with E-state index >= 15 is 0 Å². The standard InChI is InChI=1S/C46H30N2S/c1-3-13-31(14-4-1)32-17-11-20-36(27-32)47(43-23-12-24-44-46(43)40-28-33-15-7-8-16-34(33)29-45(40)49-44)37-25-26-42-39(30-37)38-21-9-10-22-41(38)48(42)35-18-5-2-6-19-35/h1-30H. The first kappa shape index (κ1) is 27.9. The second-order valence-electron chi connectivity index (χ2n) is 12.6. The Morgan fingerprint density at radius 2 is 1.08 bits per heavy atom. The maximum atomic E-state index is 2.46. The number of rotatable bonds is 5. The molecule has 0 saturated carbocycles. The summed E-state index contributed by atoms with van der Waals surface area (Å²) in [4.78, 5) is 2.46. The van der Waals surface area contributed by atoms with Crippen LogP contribution in [0.3, 0.4) is 0 Å². The Balaban J connectivity index is 1.26. The van der Waals surface area contributed by atoms with E-state index < -0.39 is 0 Å². The molecule has 3 heteroatoms. The van der Waals surface area contributed by atoms with Gasteiger partial charge in [-0.2, -0.15) is 0 Å². The van der Waals surface area contributed by atoms with Gasteiger partial charge in [-0.15, -0.1) is 11.3 Å². The lowest BCUT2D eigenvalue weighted by atomic mass is 10.0. The van der Waals surface area contributed by atoms with Crippen LogP contribution in [0.5, 0.6) is 0 Å². The molecule has 10 rings (SSSR count). The number of benzene rings is 8. The van der Waals surface area contributed by atoms with Crippen molar-refractivity contribution in [3.05, 3.63) is 182 Å². The van der Waals surface area contributed by atoms with Crippen LogP contribution in [0.2, 0.25) is 0 Å². The highest BCUT2D eigenvalue weighted by molar-refractivity contribution is 7.26. The first-order valence-corrected chi connectivity index (χ1v) is 17.5. The zero-order valence-electron chi connectivity index (χ0n) is 26.6. The molecule has 0 amide bonds. The van der Waals surface area contributed by atoms with Gasteiger partial charge in [-0.3, -0.25) is 0 Å². The van der Waals surface area contributed by atoms with E-state index in [1.165, 1.54) is 69.6 Å². The number of hydrogen-bond acceptors (Lipinski definition) is 2. The Hall–Kier alpha value is -6.16. The molecule has 0 N–H and O–H groups in total. The van der Waals surface area contributed by atoms with Crippen LogP contribution >= 0.6 is 11.3 Å². The Bertz CT molecular complexity index is 2830. The normalized spacial score (nSPS) is 11.7. The van der Waals surface area contributed by atoms with Gasteiger partial charge in [0.05, 0.1) is 16.7 Å². The van der Waals surface area contributed by atoms with E-state index in [4.69, 9.17) is 0 Å². The predicted molar refractivity (Wildman–Crippen MR) is 211 cm³/mol. The summed E-state index contributed by atoms with van der Waals surface area (Å²) < 4.78 is 4.97. The molecule has 49 heavy (non-hydrogen) atoms. The van der Waals surface area contributed by atoms with E-state index in [1.54, 1.807) is 0 Å². The molecule has 0 spiro atoms. The van der Waals surface area contributed by atoms with Crippen LogP contribution in [-0.2, 0) is 0 Å². The fourth-order valence-corrected chi connectivity index (χ4v) is 8.67. The van der Waals surface area contributed by atoms with Crippen LogP contribution < -0.4 is 4.90 Å². The van der Waals surface area contributed by atoms with Gasteiger partial charge in [0, 0.05) is 48.0 Å². The third kappa shape index (κ3) is 4.55. The lowest BCUT2D eigenvalue weighted by molar-refractivity contribution is 1.18. The van der Waals surface area contributed by atoms with Gasteiger partial charge in [0.1, 0.15) is 0 Å². The van der Waals surface area contributed by atoms with E-state index in [1.807, 2.05) is 11.3 Å². The summed E-state index contributed by atoms with van der Waals surface area (Å²) in [6, 6.07) is 66.2. The number of hydrogen-bond donors (Lipinski definition) is 0. The maximum Gasteiger partial charge on any atom is 0.0554 e. The predicted octanol–water partition coefficient (Wildman–Crippen LogP) is 13.4. The van der Waals surface area contributed by atoms with Gasteiger partial charge < -0.3 is 9.47 Å². The molecule has 10 aromatic rings. The van der Waals surface area contributed by atoms with Gasteiger partial charge in [-0.25, -0.2) is 0 Å². The van der Waals surface area contributed by atoms with Crippen molar-refractivity contribution < 1.29 is 0 Å². The van der Waals surface area contributed by atoms with Gasteiger partial charge in [-0.1, -0.05) is 109 Å². The Morgan fingerprint density at radius 3 is 1.94 bits per heavy atom. The second kappa shape index (κ2) is 11.2. The molecule has 2 nitrogen and oxygen atoms in total. The minimum atomic E-state index is 1.13. The number of anilines is 3. The number of thiophene rings is 1. The zero-order valence-corrected chi connectivity index (χ0v) is 27.4. The van der Waals surface area contributed by atoms with Crippen LogP contribution in [-0.4, -0.2) is 4.57 Å². The smallest absolute Gasteiger partial charge is 0.0554 e. The second-order valence-corrected chi connectivity index (χ2v) is 13.7. The quantitative estimate of drug-likeness (QED) is 0.181. The van der Waals surface area contributed by atoms with Crippen LogP contribution in [0.4, 0.5) is 17.1 Å². The fourth-order valence-electron chi connectivity index (χ4n) is 7.52. The highest BCUT2D eigenvalue weighted by atomic mass is 32.1. The van der Waals surface area contributed by atoms with Crippen molar-refractivity contribution in [3.8, 4) is 16.8 Å². The Labute approximate surface area is 288 Å². The topological polar surface area (TPSA) is 8.17 Å². The number of aromatic nitrogens is 1. The Kier molecular flexibility index (Phi) is 6.39. The van der Waals surface area contributed by atoms with Crippen molar-refractivity contribution in [2.24, 2.45) is 0 Å². The maximum absolute atomic E-state index is 2.46. The van der Waals surface area contributed by atoms with Gasteiger partial charge in [0.2, 0.25) is 0 Å². The molecule has 0 radical (unpaired) electrons. The van der Waals surface area contributed by atoms with Crippen molar-refractivity contribution >= 4 is 81.1 Å². The van der Waals surface area contributed by atoms with Gasteiger partial charge in [0.25, 0.3) is 0 Å². The summed E-state index contributed by atoms with van der Waals surface area (Å²) in [6.07, 6.45) is 0. The highest BCUT2D eigenvalue weighted by Crippen LogP contribution is 2.47. The molecule has 8 aromatic carbocycles. The lowest BCUT2D eigenvalue weighted by Crippen LogP contribution is -2.10. The van der Waals surface area contributed by atoms with Crippen LogP contribution in [0.15, 0.2) is 182 Å². The van der Waals surface area contributed by atoms with Crippen LogP contribution in [0.25, 0.3) is 69.6 Å². The summed E-state index contributed by atoms with van der Waals surface area (Å²) in [5.74, 6) is 0. The molecule has 0 fully saturated rings. The monoisotopic (exact) mass is 642 g/mol. The van der Waals surface area contributed by atoms with Gasteiger partial charge in [-0.05, 0) is 94.7 Å². The molecule has 2 aromatic heterocycles. The third-order valence-electron chi connectivity index (χ3n) is 9.72. The molecular weight excluding hydrogens is 613 g/mol. The summed E-state index contributed by atoms with van der Waals surface area (Å²) >= 11 is 1.87. The molecule has 0 aliphatic rings. The summed E-state index contributed by atoms with van der Waals surface area (Å²) in [6.45, 7) is 0. The van der Waals surface area contributed by atoms with E-state index in [-0.39, 0.29) is 0 Å². The molecular formula is C46H30N2S. The SMILES string of the molecule is c1ccc(-c2cccc(N(c3ccc4c(c3)c3ccccc3n4-c3ccccc3)c3cccc4sc5cc6ccccc6cc5c34)c2)cc1. The van der Waals surface area contributed by atoms with E-state index in [9.17, 15) is 0 Å². The highest BCUT2D eigenvalue weighted by Gasteiger charge is 2.21. The molecule has 0 aliphatic carbocycles. The minimum Gasteiger partial charge on any atom is -0.310 e. The molecule has 2 heterocycles. The van der Waals surface area contributed by atoms with Gasteiger partial charge >= 0.3 is 0 Å². The molecule has 0 bridgehead atoms. The molecule has 0 atom stereocenters. The van der Waals surface area contributed by atoms with Crippen LogP contribution in [0, 0.1) is 0 Å².